The van der Waals surface area contributed by atoms with E-state index in [4.69, 9.17) is 0 Å². The lowest BCUT2D eigenvalue weighted by Crippen LogP contribution is -2.32. The topological polar surface area (TPSA) is 19.7 Å². The van der Waals surface area contributed by atoms with Crippen molar-refractivity contribution in [2.45, 2.75) is 20.3 Å². The Morgan fingerprint density at radius 1 is 1.67 bits per heavy atom. The van der Waals surface area contributed by atoms with E-state index in [2.05, 4.69) is 25.0 Å². The molecule has 50 valence electrons. The van der Waals surface area contributed by atoms with Crippen LogP contribution in [0.25, 0.3) is 0 Å². The molecule has 1 aromatic rings. The van der Waals surface area contributed by atoms with Crippen LogP contribution >= 0.6 is 0 Å². The molecule has 0 aliphatic carbocycles. The van der Waals surface area contributed by atoms with Crippen molar-refractivity contribution >= 4 is 0 Å². The third-order valence-corrected chi connectivity index (χ3v) is 1.60. The van der Waals surface area contributed by atoms with Crippen LogP contribution in [0.2, 0.25) is 0 Å². The summed E-state index contributed by atoms with van der Waals surface area (Å²) in [5, 5.41) is 3.21. The minimum atomic E-state index is 1.08. The maximum atomic E-state index is 3.21. The zero-order chi connectivity index (χ0) is 6.85. The second-order valence-corrected chi connectivity index (χ2v) is 2.34. The van der Waals surface area contributed by atoms with Crippen LogP contribution in [0.4, 0.5) is 0 Å². The van der Waals surface area contributed by atoms with Crippen LogP contribution in [-0.2, 0) is 13.5 Å². The Kier molecular flexibility index (Phi) is 1.56. The summed E-state index contributed by atoms with van der Waals surface area (Å²) < 4.78 is 2.03. The predicted molar refractivity (Wildman–Crippen MR) is 36.1 cm³/mol. The first-order valence-electron chi connectivity index (χ1n) is 3.28. The van der Waals surface area contributed by atoms with Crippen LogP contribution in [0.1, 0.15) is 18.3 Å². The molecule has 2 heteroatoms. The molecule has 1 rings (SSSR count). The lowest BCUT2D eigenvalue weighted by atomic mass is 10.3. The summed E-state index contributed by atoms with van der Waals surface area (Å²) in [5.41, 5.74) is 2.59. The number of hydrogen-bond acceptors (Lipinski definition) is 0. The van der Waals surface area contributed by atoms with Gasteiger partial charge in [-0.15, -0.1) is 4.68 Å². The van der Waals surface area contributed by atoms with Crippen LogP contribution < -0.4 is 4.68 Å². The number of hydrogen-bond donors (Lipinski definition) is 1. The fourth-order valence-electron chi connectivity index (χ4n) is 0.866. The highest BCUT2D eigenvalue weighted by molar-refractivity contribution is 5.01. The molecule has 2 nitrogen and oxygen atoms in total. The van der Waals surface area contributed by atoms with Crippen molar-refractivity contribution in [3.63, 3.8) is 0 Å². The van der Waals surface area contributed by atoms with Gasteiger partial charge in [0.15, 0.2) is 7.05 Å². The second-order valence-electron chi connectivity index (χ2n) is 2.34. The molecule has 0 aromatic carbocycles. The molecule has 0 aliphatic rings. The van der Waals surface area contributed by atoms with Gasteiger partial charge in [0, 0.05) is 13.0 Å². The third kappa shape index (κ3) is 1.12. The zero-order valence-corrected chi connectivity index (χ0v) is 6.23. The molecule has 0 radical (unpaired) electrons. The number of rotatable bonds is 1. The molecule has 0 bridgehead atoms. The monoisotopic (exact) mass is 125 g/mol. The van der Waals surface area contributed by atoms with Crippen molar-refractivity contribution in [1.29, 1.82) is 0 Å². The van der Waals surface area contributed by atoms with Gasteiger partial charge in [-0.05, 0) is 6.42 Å². The Hall–Kier alpha value is -0.790. The molecule has 1 aromatic heterocycles. The summed E-state index contributed by atoms with van der Waals surface area (Å²) in [6, 6.07) is 2.17. The minimum Gasteiger partial charge on any atom is -0.170 e. The molecule has 0 saturated heterocycles. The van der Waals surface area contributed by atoms with Gasteiger partial charge in [-0.2, -0.15) is 5.10 Å². The molecule has 0 aliphatic heterocycles. The average Bonchev–Trinajstić information content (AvgIpc) is 2.13. The Morgan fingerprint density at radius 3 is 2.56 bits per heavy atom. The first-order valence-corrected chi connectivity index (χ1v) is 3.28. The lowest BCUT2D eigenvalue weighted by molar-refractivity contribution is -0.732. The molecular formula is C7H13N2+. The highest BCUT2D eigenvalue weighted by Crippen LogP contribution is 1.94. The van der Waals surface area contributed by atoms with Crippen molar-refractivity contribution in [3.8, 4) is 0 Å². The highest BCUT2D eigenvalue weighted by atomic mass is 15.3. The molecule has 0 saturated carbocycles. The second kappa shape index (κ2) is 2.21. The standard InChI is InChI=1S/C7H12N2/c1-4-7-5-6(2)9(3)8-7/h5H,4H2,1-3H3/p+1. The maximum absolute atomic E-state index is 3.21. The smallest absolute Gasteiger partial charge is 0.170 e. The molecule has 0 atom stereocenters. The third-order valence-electron chi connectivity index (χ3n) is 1.60. The van der Waals surface area contributed by atoms with E-state index in [-0.39, 0.29) is 0 Å². The Morgan fingerprint density at radius 2 is 2.33 bits per heavy atom. The Labute approximate surface area is 55.5 Å². The van der Waals surface area contributed by atoms with Gasteiger partial charge < -0.3 is 0 Å². The van der Waals surface area contributed by atoms with E-state index < -0.39 is 0 Å². The van der Waals surface area contributed by atoms with Crippen molar-refractivity contribution < 1.29 is 4.68 Å². The van der Waals surface area contributed by atoms with E-state index in [1.165, 1.54) is 11.4 Å². The van der Waals surface area contributed by atoms with Crippen LogP contribution in [0, 0.1) is 6.92 Å². The molecule has 1 N–H and O–H groups in total. The maximum Gasteiger partial charge on any atom is 0.204 e. The number of aromatic nitrogens is 2. The normalized spacial score (nSPS) is 10.1. The molecule has 9 heavy (non-hydrogen) atoms. The van der Waals surface area contributed by atoms with E-state index in [1.807, 2.05) is 11.7 Å². The summed E-state index contributed by atoms with van der Waals surface area (Å²) in [6.07, 6.45) is 1.08. The highest BCUT2D eigenvalue weighted by Gasteiger charge is 2.03. The summed E-state index contributed by atoms with van der Waals surface area (Å²) in [6.45, 7) is 4.24. The van der Waals surface area contributed by atoms with E-state index in [9.17, 15) is 0 Å². The van der Waals surface area contributed by atoms with Crippen molar-refractivity contribution in [2.75, 3.05) is 0 Å². The van der Waals surface area contributed by atoms with Gasteiger partial charge in [0.2, 0.25) is 5.69 Å². The van der Waals surface area contributed by atoms with Crippen LogP contribution in [0.5, 0.6) is 0 Å². The number of aryl methyl sites for hydroxylation is 3. The van der Waals surface area contributed by atoms with E-state index in [0.29, 0.717) is 0 Å². The molecule has 0 amide bonds. The predicted octanol–water partition coefficient (Wildman–Crippen LogP) is 0.710. The van der Waals surface area contributed by atoms with Gasteiger partial charge in [0.05, 0.1) is 5.69 Å². The number of nitrogens with one attached hydrogen (secondary N) is 1. The number of aromatic amines is 1. The van der Waals surface area contributed by atoms with Crippen LogP contribution in [0.3, 0.4) is 0 Å². The van der Waals surface area contributed by atoms with Gasteiger partial charge in [0.1, 0.15) is 0 Å². The van der Waals surface area contributed by atoms with Crippen molar-refractivity contribution in [2.24, 2.45) is 7.05 Å². The molecular weight excluding hydrogens is 112 g/mol. The minimum absolute atomic E-state index is 1.08. The summed E-state index contributed by atoms with van der Waals surface area (Å²) >= 11 is 0. The Balaban J connectivity index is 2.98. The van der Waals surface area contributed by atoms with Crippen LogP contribution in [-0.4, -0.2) is 5.10 Å². The Bertz CT molecular complexity index is 181. The van der Waals surface area contributed by atoms with E-state index in [0.717, 1.165) is 6.42 Å². The first-order chi connectivity index (χ1) is 4.24. The average molecular weight is 125 g/mol. The number of H-pyrrole nitrogens is 1. The fraction of sp³-hybridized carbons (Fsp3) is 0.571. The van der Waals surface area contributed by atoms with Crippen LogP contribution in [0.15, 0.2) is 6.07 Å². The quantitative estimate of drug-likeness (QED) is 0.533. The first kappa shape index (κ1) is 6.33. The summed E-state index contributed by atoms with van der Waals surface area (Å²) in [4.78, 5) is 0. The molecule has 1 heterocycles. The van der Waals surface area contributed by atoms with Gasteiger partial charge in [-0.3, -0.25) is 0 Å². The largest absolute Gasteiger partial charge is 0.204 e. The zero-order valence-electron chi connectivity index (χ0n) is 6.23. The van der Waals surface area contributed by atoms with Gasteiger partial charge in [-0.1, -0.05) is 6.92 Å². The van der Waals surface area contributed by atoms with E-state index in [1.54, 1.807) is 0 Å². The van der Waals surface area contributed by atoms with Gasteiger partial charge in [0.25, 0.3) is 0 Å². The summed E-state index contributed by atoms with van der Waals surface area (Å²) in [5.74, 6) is 0. The molecule has 0 fully saturated rings. The van der Waals surface area contributed by atoms with Crippen molar-refractivity contribution in [1.82, 2.24) is 5.10 Å². The van der Waals surface area contributed by atoms with Gasteiger partial charge in [-0.25, -0.2) is 0 Å². The van der Waals surface area contributed by atoms with Gasteiger partial charge >= 0.3 is 0 Å². The van der Waals surface area contributed by atoms with E-state index >= 15 is 0 Å². The summed E-state index contributed by atoms with van der Waals surface area (Å²) in [7, 11) is 2.02. The SMILES string of the molecule is CCc1cc(C)[n+](C)[nH]1. The fourth-order valence-corrected chi connectivity index (χ4v) is 0.866. The molecule has 0 unspecified atom stereocenters. The number of nitrogens with zero attached hydrogens (tertiary/aromatic N) is 1. The molecule has 0 spiro atoms. The van der Waals surface area contributed by atoms with Crippen molar-refractivity contribution in [3.05, 3.63) is 17.5 Å². The lowest BCUT2D eigenvalue weighted by Gasteiger charge is -1.79.